The quantitative estimate of drug-likeness (QED) is 0.799. The van der Waals surface area contributed by atoms with E-state index in [1.54, 1.807) is 0 Å². The van der Waals surface area contributed by atoms with Crippen molar-refractivity contribution in [3.05, 3.63) is 34.9 Å². The molecule has 0 aliphatic carbocycles. The first-order valence-electron chi connectivity index (χ1n) is 7.20. The van der Waals surface area contributed by atoms with Crippen LogP contribution in [-0.4, -0.2) is 6.04 Å². The normalized spacial score (nSPS) is 14.8. The Morgan fingerprint density at radius 2 is 1.72 bits per heavy atom. The van der Waals surface area contributed by atoms with Gasteiger partial charge in [0.2, 0.25) is 0 Å². The second kappa shape index (κ2) is 6.94. The van der Waals surface area contributed by atoms with Gasteiger partial charge >= 0.3 is 0 Å². The van der Waals surface area contributed by atoms with E-state index in [0.29, 0.717) is 6.04 Å². The Bertz CT molecular complexity index is 368. The summed E-state index contributed by atoms with van der Waals surface area (Å²) in [6.45, 7) is 11.2. The molecule has 2 atom stereocenters. The molecule has 0 fully saturated rings. The Balaban J connectivity index is 2.53. The van der Waals surface area contributed by atoms with Crippen molar-refractivity contribution in [1.82, 2.24) is 0 Å². The summed E-state index contributed by atoms with van der Waals surface area (Å²) in [4.78, 5) is 0. The van der Waals surface area contributed by atoms with Crippen molar-refractivity contribution in [2.45, 2.75) is 59.9 Å². The highest BCUT2D eigenvalue weighted by molar-refractivity contribution is 5.31. The minimum absolute atomic E-state index is 0.291. The van der Waals surface area contributed by atoms with Crippen molar-refractivity contribution in [2.24, 2.45) is 17.6 Å². The molecule has 2 N–H and O–H groups in total. The molecule has 18 heavy (non-hydrogen) atoms. The molecule has 0 aliphatic heterocycles. The van der Waals surface area contributed by atoms with Crippen LogP contribution in [-0.2, 0) is 6.42 Å². The summed E-state index contributed by atoms with van der Waals surface area (Å²) in [5.41, 5.74) is 10.4. The summed E-state index contributed by atoms with van der Waals surface area (Å²) in [5.74, 6) is 1.50. The fourth-order valence-corrected chi connectivity index (χ4v) is 2.80. The average Bonchev–Trinajstić information content (AvgIpc) is 2.21. The monoisotopic (exact) mass is 247 g/mol. The zero-order valence-electron chi connectivity index (χ0n) is 12.7. The average molecular weight is 247 g/mol. The molecule has 0 aliphatic rings. The largest absolute Gasteiger partial charge is 0.327 e. The summed E-state index contributed by atoms with van der Waals surface area (Å²) in [5, 5.41) is 0. The Hall–Kier alpha value is -0.820. The second-order valence-corrected chi connectivity index (χ2v) is 6.36. The van der Waals surface area contributed by atoms with E-state index in [2.05, 4.69) is 52.8 Å². The maximum Gasteiger partial charge on any atom is 0.00819 e. The molecule has 0 bridgehead atoms. The summed E-state index contributed by atoms with van der Waals surface area (Å²) in [6, 6.07) is 6.95. The van der Waals surface area contributed by atoms with Crippen LogP contribution in [0.15, 0.2) is 18.2 Å². The van der Waals surface area contributed by atoms with E-state index in [1.807, 2.05) is 0 Å². The van der Waals surface area contributed by atoms with Gasteiger partial charge in [0, 0.05) is 6.04 Å². The molecular weight excluding hydrogens is 218 g/mol. The highest BCUT2D eigenvalue weighted by Crippen LogP contribution is 2.19. The van der Waals surface area contributed by atoms with Crippen LogP contribution in [0.2, 0.25) is 0 Å². The van der Waals surface area contributed by atoms with Gasteiger partial charge in [0.25, 0.3) is 0 Å². The van der Waals surface area contributed by atoms with Gasteiger partial charge in [0.15, 0.2) is 0 Å². The van der Waals surface area contributed by atoms with Crippen LogP contribution >= 0.6 is 0 Å². The van der Waals surface area contributed by atoms with Crippen LogP contribution in [0.25, 0.3) is 0 Å². The second-order valence-electron chi connectivity index (χ2n) is 6.36. The summed E-state index contributed by atoms with van der Waals surface area (Å²) >= 11 is 0. The van der Waals surface area contributed by atoms with Gasteiger partial charge in [-0.2, -0.15) is 0 Å². The molecule has 0 spiro atoms. The Labute approximate surface area is 113 Å². The Kier molecular flexibility index (Phi) is 5.87. The topological polar surface area (TPSA) is 26.0 Å². The van der Waals surface area contributed by atoms with E-state index >= 15 is 0 Å². The summed E-state index contributed by atoms with van der Waals surface area (Å²) in [6.07, 6.45) is 3.42. The van der Waals surface area contributed by atoms with Crippen molar-refractivity contribution in [1.29, 1.82) is 0 Å². The van der Waals surface area contributed by atoms with Crippen molar-refractivity contribution < 1.29 is 0 Å². The Morgan fingerprint density at radius 1 is 1.06 bits per heavy atom. The number of hydrogen-bond acceptors (Lipinski definition) is 1. The zero-order chi connectivity index (χ0) is 13.7. The van der Waals surface area contributed by atoms with Crippen LogP contribution in [0.4, 0.5) is 0 Å². The van der Waals surface area contributed by atoms with Crippen molar-refractivity contribution in [2.75, 3.05) is 0 Å². The summed E-state index contributed by atoms with van der Waals surface area (Å²) < 4.78 is 0. The van der Waals surface area contributed by atoms with Gasteiger partial charge in [-0.1, -0.05) is 44.5 Å². The van der Waals surface area contributed by atoms with Crippen molar-refractivity contribution >= 4 is 0 Å². The first kappa shape index (κ1) is 15.2. The summed E-state index contributed by atoms with van der Waals surface area (Å²) in [7, 11) is 0. The Morgan fingerprint density at radius 3 is 2.33 bits per heavy atom. The number of aryl methyl sites for hydroxylation is 2. The molecule has 2 unspecified atom stereocenters. The SMILES string of the molecule is Cc1ccc(C)c(CC(N)CC(C)CC(C)C)c1. The maximum atomic E-state index is 6.30. The van der Waals surface area contributed by atoms with Gasteiger partial charge in [0.05, 0.1) is 0 Å². The van der Waals surface area contributed by atoms with E-state index < -0.39 is 0 Å². The molecule has 1 rings (SSSR count). The lowest BCUT2D eigenvalue weighted by molar-refractivity contribution is 0.383. The van der Waals surface area contributed by atoms with Gasteiger partial charge < -0.3 is 5.73 Å². The third-order valence-electron chi connectivity index (χ3n) is 3.57. The van der Waals surface area contributed by atoms with Gasteiger partial charge in [-0.15, -0.1) is 0 Å². The van der Waals surface area contributed by atoms with E-state index in [0.717, 1.165) is 24.7 Å². The fraction of sp³-hybridized carbons (Fsp3) is 0.647. The van der Waals surface area contributed by atoms with Crippen molar-refractivity contribution in [3.63, 3.8) is 0 Å². The molecule has 0 saturated carbocycles. The lowest BCUT2D eigenvalue weighted by Gasteiger charge is -2.20. The molecule has 0 amide bonds. The van der Waals surface area contributed by atoms with Crippen LogP contribution in [0.1, 0.15) is 50.3 Å². The van der Waals surface area contributed by atoms with Gasteiger partial charge in [-0.05, 0) is 56.1 Å². The van der Waals surface area contributed by atoms with E-state index in [1.165, 1.54) is 23.1 Å². The van der Waals surface area contributed by atoms with Crippen LogP contribution in [0, 0.1) is 25.7 Å². The molecule has 1 aromatic rings. The third kappa shape index (κ3) is 5.22. The predicted octanol–water partition coefficient (Wildman–Crippen LogP) is 4.25. The van der Waals surface area contributed by atoms with E-state index in [4.69, 9.17) is 5.73 Å². The lowest BCUT2D eigenvalue weighted by atomic mass is 9.89. The molecule has 1 heteroatoms. The van der Waals surface area contributed by atoms with Crippen molar-refractivity contribution in [3.8, 4) is 0 Å². The number of hydrogen-bond donors (Lipinski definition) is 1. The lowest BCUT2D eigenvalue weighted by Crippen LogP contribution is -2.26. The number of nitrogens with two attached hydrogens (primary N) is 1. The first-order valence-corrected chi connectivity index (χ1v) is 7.20. The predicted molar refractivity (Wildman–Crippen MR) is 80.8 cm³/mol. The molecule has 0 saturated heterocycles. The number of benzene rings is 1. The van der Waals surface area contributed by atoms with E-state index in [9.17, 15) is 0 Å². The van der Waals surface area contributed by atoms with Gasteiger partial charge in [-0.3, -0.25) is 0 Å². The van der Waals surface area contributed by atoms with Gasteiger partial charge in [-0.25, -0.2) is 0 Å². The molecule has 0 radical (unpaired) electrons. The molecule has 0 aromatic heterocycles. The zero-order valence-corrected chi connectivity index (χ0v) is 12.7. The van der Waals surface area contributed by atoms with Crippen LogP contribution in [0.3, 0.4) is 0 Å². The fourth-order valence-electron chi connectivity index (χ4n) is 2.80. The minimum atomic E-state index is 0.291. The number of rotatable bonds is 6. The molecule has 0 heterocycles. The van der Waals surface area contributed by atoms with E-state index in [-0.39, 0.29) is 0 Å². The van der Waals surface area contributed by atoms with Crippen LogP contribution < -0.4 is 5.73 Å². The highest BCUT2D eigenvalue weighted by Gasteiger charge is 2.12. The molecular formula is C17H29N. The standard InChI is InChI=1S/C17H29N/c1-12(2)8-14(4)10-17(18)11-16-9-13(3)6-7-15(16)5/h6-7,9,12,14,17H,8,10-11,18H2,1-5H3. The van der Waals surface area contributed by atoms with Crippen LogP contribution in [0.5, 0.6) is 0 Å². The smallest absolute Gasteiger partial charge is 0.00819 e. The minimum Gasteiger partial charge on any atom is -0.327 e. The molecule has 102 valence electrons. The highest BCUT2D eigenvalue weighted by atomic mass is 14.6. The third-order valence-corrected chi connectivity index (χ3v) is 3.57. The molecule has 1 nitrogen and oxygen atoms in total. The first-order chi connectivity index (χ1) is 8.38. The molecule has 1 aromatic carbocycles. The maximum absolute atomic E-state index is 6.30. The van der Waals surface area contributed by atoms with Gasteiger partial charge in [0.1, 0.15) is 0 Å².